The average Bonchev–Trinajstić information content (AvgIpc) is 3.42. The minimum atomic E-state index is -4.41. The van der Waals surface area contributed by atoms with Gasteiger partial charge in [-0.25, -0.2) is 32.1 Å². The van der Waals surface area contributed by atoms with E-state index in [9.17, 15) is 36.8 Å². The smallest absolute Gasteiger partial charge is 0.410 e. The van der Waals surface area contributed by atoms with E-state index in [-0.39, 0.29) is 49.7 Å². The summed E-state index contributed by atoms with van der Waals surface area (Å²) in [6, 6.07) is 4.72. The van der Waals surface area contributed by atoms with Crippen molar-refractivity contribution in [1.82, 2.24) is 30.1 Å². The van der Waals surface area contributed by atoms with Crippen LogP contribution in [0.25, 0.3) is 0 Å². The predicted molar refractivity (Wildman–Crippen MR) is 194 cm³/mol. The molecule has 5 rings (SSSR count). The molecule has 1 saturated carbocycles. The standard InChI is InChI=1S/C37H49FN6O10S/c1-7-10-23-17-37(23,33(47)42-55(50,51)25-14-15-30(52-6)39-18-25)41-31(45)29-16-24(53-35(49)43-19-22-12-9-13-27(38)26(22)21-43)20-44(29)32(46)28(11-8-2)40-34(48)54-36(3,4)5/h9,12-15,18,23-24,28-29H,7-8,10-11,16-17,19-21H2,1-6H3,(H,40,48)(H,41,45)(H,42,47)/t23-,24-,28+,29+,37-/m1/s1. The molecule has 0 spiro atoms. The third-order valence-electron chi connectivity index (χ3n) is 9.82. The summed E-state index contributed by atoms with van der Waals surface area (Å²) < 4.78 is 59.1. The molecule has 5 atom stereocenters. The third-order valence-corrected chi connectivity index (χ3v) is 11.1. The second kappa shape index (κ2) is 16.4. The molecule has 1 aromatic heterocycles. The van der Waals surface area contributed by atoms with Gasteiger partial charge in [0.1, 0.15) is 40.0 Å². The number of sulfonamides is 1. The number of pyridine rings is 1. The molecular weight excluding hydrogens is 740 g/mol. The van der Waals surface area contributed by atoms with Crippen LogP contribution < -0.4 is 20.1 Å². The lowest BCUT2D eigenvalue weighted by Gasteiger charge is -2.30. The lowest BCUT2D eigenvalue weighted by atomic mass is 10.1. The van der Waals surface area contributed by atoms with E-state index in [0.717, 1.165) is 6.20 Å². The SMILES string of the molecule is CCC[C@@H]1C[C@]1(NC(=O)[C@@H]1C[C@@H](OC(=O)N2Cc3cccc(F)c3C2)CN1C(=O)[C@H](CCC)NC(=O)OC(C)(C)C)C(=O)NS(=O)(=O)c1ccc(OC)nc1. The van der Waals surface area contributed by atoms with Crippen LogP contribution in [0.3, 0.4) is 0 Å². The molecule has 0 radical (unpaired) electrons. The highest BCUT2D eigenvalue weighted by Crippen LogP contribution is 2.47. The molecule has 3 heterocycles. The number of carbonyl (C=O) groups excluding carboxylic acids is 5. The molecule has 1 aromatic carbocycles. The number of likely N-dealkylation sites (tertiary alicyclic amines) is 1. The molecule has 18 heteroatoms. The van der Waals surface area contributed by atoms with Crippen LogP contribution in [0.4, 0.5) is 14.0 Å². The van der Waals surface area contributed by atoms with Crippen LogP contribution in [-0.4, -0.2) is 96.1 Å². The highest BCUT2D eigenvalue weighted by molar-refractivity contribution is 7.90. The van der Waals surface area contributed by atoms with E-state index in [0.29, 0.717) is 30.4 Å². The minimum Gasteiger partial charge on any atom is -0.481 e. The van der Waals surface area contributed by atoms with E-state index in [2.05, 4.69) is 20.3 Å². The van der Waals surface area contributed by atoms with Gasteiger partial charge in [-0.15, -0.1) is 0 Å². The van der Waals surface area contributed by atoms with Crippen molar-refractivity contribution >= 4 is 39.9 Å². The van der Waals surface area contributed by atoms with E-state index in [4.69, 9.17) is 14.2 Å². The Bertz CT molecular complexity index is 1910. The number of nitrogens with zero attached hydrogens (tertiary/aromatic N) is 3. The topological polar surface area (TPSA) is 203 Å². The number of aromatic nitrogens is 1. The first kappa shape index (κ1) is 41.2. The van der Waals surface area contributed by atoms with Crippen LogP contribution in [-0.2, 0) is 47.0 Å². The van der Waals surface area contributed by atoms with Gasteiger partial charge in [0, 0.05) is 24.6 Å². The lowest BCUT2D eigenvalue weighted by molar-refractivity contribution is -0.141. The Morgan fingerprint density at radius 1 is 1.07 bits per heavy atom. The number of rotatable bonds is 13. The van der Waals surface area contributed by atoms with Crippen LogP contribution in [0.5, 0.6) is 5.88 Å². The summed E-state index contributed by atoms with van der Waals surface area (Å²) in [5.74, 6) is -3.06. The van der Waals surface area contributed by atoms with Crippen molar-refractivity contribution < 1.29 is 51.0 Å². The van der Waals surface area contributed by atoms with Gasteiger partial charge in [-0.05, 0) is 63.6 Å². The van der Waals surface area contributed by atoms with Crippen molar-refractivity contribution in [2.24, 2.45) is 5.92 Å². The van der Waals surface area contributed by atoms with Crippen LogP contribution in [0.2, 0.25) is 0 Å². The Balaban J connectivity index is 1.38. The zero-order valence-electron chi connectivity index (χ0n) is 31.8. The summed E-state index contributed by atoms with van der Waals surface area (Å²) in [5.41, 5.74) is -1.47. The van der Waals surface area contributed by atoms with Crippen molar-refractivity contribution in [2.75, 3.05) is 13.7 Å². The first-order chi connectivity index (χ1) is 25.9. The summed E-state index contributed by atoms with van der Waals surface area (Å²) in [6.07, 6.45) is 0.179. The highest BCUT2D eigenvalue weighted by atomic mass is 32.2. The van der Waals surface area contributed by atoms with Gasteiger partial charge < -0.3 is 29.7 Å². The Morgan fingerprint density at radius 2 is 1.82 bits per heavy atom. The number of amides is 5. The molecule has 3 N–H and O–H groups in total. The van der Waals surface area contributed by atoms with Crippen LogP contribution in [0.1, 0.15) is 84.3 Å². The number of benzene rings is 1. The first-order valence-electron chi connectivity index (χ1n) is 18.3. The monoisotopic (exact) mass is 788 g/mol. The molecule has 2 fully saturated rings. The van der Waals surface area contributed by atoms with Gasteiger partial charge in [0.2, 0.25) is 17.7 Å². The lowest BCUT2D eigenvalue weighted by Crippen LogP contribution is -2.58. The molecule has 55 heavy (non-hydrogen) atoms. The Hall–Kier alpha value is -5.00. The quantitative estimate of drug-likeness (QED) is 0.268. The molecule has 1 saturated heterocycles. The van der Waals surface area contributed by atoms with Crippen molar-refractivity contribution in [1.29, 1.82) is 0 Å². The summed E-state index contributed by atoms with van der Waals surface area (Å²) in [4.78, 5) is 74.5. The molecule has 2 aliphatic heterocycles. The summed E-state index contributed by atoms with van der Waals surface area (Å²) >= 11 is 0. The fourth-order valence-electron chi connectivity index (χ4n) is 7.03. The number of halogens is 1. The number of hydrogen-bond donors (Lipinski definition) is 3. The fourth-order valence-corrected chi connectivity index (χ4v) is 8.02. The summed E-state index contributed by atoms with van der Waals surface area (Å²) in [7, 11) is -3.04. The van der Waals surface area contributed by atoms with Crippen LogP contribution in [0, 0.1) is 11.7 Å². The molecular formula is C37H49FN6O10S. The maximum atomic E-state index is 14.4. The number of alkyl carbamates (subject to hydrolysis) is 1. The number of carbonyl (C=O) groups is 5. The van der Waals surface area contributed by atoms with Gasteiger partial charge in [-0.3, -0.25) is 19.3 Å². The number of ether oxygens (including phenoxy) is 3. The molecule has 3 aliphatic rings. The second-order valence-electron chi connectivity index (χ2n) is 15.1. The van der Waals surface area contributed by atoms with Gasteiger partial charge in [-0.1, -0.05) is 38.8 Å². The maximum absolute atomic E-state index is 14.4. The van der Waals surface area contributed by atoms with Crippen molar-refractivity contribution in [3.05, 3.63) is 53.5 Å². The zero-order chi connectivity index (χ0) is 40.3. The second-order valence-corrected chi connectivity index (χ2v) is 16.8. The number of hydrogen-bond acceptors (Lipinski definition) is 11. The summed E-state index contributed by atoms with van der Waals surface area (Å²) in [5, 5.41) is 5.36. The molecule has 5 amide bonds. The van der Waals surface area contributed by atoms with E-state index in [1.165, 1.54) is 35.1 Å². The fraction of sp³-hybridized carbons (Fsp3) is 0.568. The number of fused-ring (bicyclic) bond motifs is 1. The van der Waals surface area contributed by atoms with E-state index in [1.807, 2.05) is 13.8 Å². The molecule has 300 valence electrons. The maximum Gasteiger partial charge on any atom is 0.410 e. The van der Waals surface area contributed by atoms with Crippen molar-refractivity contribution in [3.63, 3.8) is 0 Å². The predicted octanol–water partition coefficient (Wildman–Crippen LogP) is 3.52. The average molecular weight is 789 g/mol. The van der Waals surface area contributed by atoms with Crippen LogP contribution >= 0.6 is 0 Å². The molecule has 16 nitrogen and oxygen atoms in total. The van der Waals surface area contributed by atoms with Gasteiger partial charge in [0.05, 0.1) is 26.4 Å². The van der Waals surface area contributed by atoms with E-state index < -0.39 is 81.0 Å². The van der Waals surface area contributed by atoms with Gasteiger partial charge in [0.15, 0.2) is 0 Å². The Labute approximate surface area is 319 Å². The minimum absolute atomic E-state index is 0.0234. The molecule has 0 bridgehead atoms. The van der Waals surface area contributed by atoms with Gasteiger partial charge >= 0.3 is 12.2 Å². The third kappa shape index (κ3) is 9.45. The van der Waals surface area contributed by atoms with Crippen LogP contribution in [0.15, 0.2) is 41.4 Å². The van der Waals surface area contributed by atoms with Gasteiger partial charge in [-0.2, -0.15) is 0 Å². The highest BCUT2D eigenvalue weighted by Gasteiger charge is 2.62. The van der Waals surface area contributed by atoms with Crippen molar-refractivity contribution in [2.45, 2.75) is 120 Å². The zero-order valence-corrected chi connectivity index (χ0v) is 32.7. The van der Waals surface area contributed by atoms with Crippen molar-refractivity contribution in [3.8, 4) is 5.88 Å². The molecule has 1 aliphatic carbocycles. The normalized spacial score (nSPS) is 22.3. The van der Waals surface area contributed by atoms with E-state index in [1.54, 1.807) is 32.9 Å². The van der Waals surface area contributed by atoms with Gasteiger partial charge in [0.25, 0.3) is 15.9 Å². The Kier molecular flexibility index (Phi) is 12.3. The number of nitrogens with one attached hydrogen (secondary N) is 3. The molecule has 2 aromatic rings. The van der Waals surface area contributed by atoms with E-state index >= 15 is 0 Å². The largest absolute Gasteiger partial charge is 0.481 e. The first-order valence-corrected chi connectivity index (χ1v) is 19.8. The Morgan fingerprint density at radius 3 is 2.44 bits per heavy atom. The molecule has 0 unspecified atom stereocenters. The number of methoxy groups -OCH3 is 1. The summed E-state index contributed by atoms with van der Waals surface area (Å²) in [6.45, 7) is 8.56.